The Morgan fingerprint density at radius 3 is 2.74 bits per heavy atom. The molecule has 0 spiro atoms. The molecule has 0 aliphatic carbocycles. The number of hydrogen-bond donors (Lipinski definition) is 1. The van der Waals surface area contributed by atoms with E-state index in [0.717, 1.165) is 22.0 Å². The van der Waals surface area contributed by atoms with Gasteiger partial charge in [0.1, 0.15) is 6.04 Å². The van der Waals surface area contributed by atoms with Crippen LogP contribution in [0.4, 0.5) is 5.13 Å². The van der Waals surface area contributed by atoms with E-state index in [0.29, 0.717) is 24.5 Å². The van der Waals surface area contributed by atoms with Crippen molar-refractivity contribution >= 4 is 42.6 Å². The molecule has 1 aliphatic heterocycles. The van der Waals surface area contributed by atoms with E-state index in [9.17, 15) is 13.2 Å². The first-order valence-electron chi connectivity index (χ1n) is 7.41. The van der Waals surface area contributed by atoms with Gasteiger partial charge in [-0.05, 0) is 49.9 Å². The summed E-state index contributed by atoms with van der Waals surface area (Å²) >= 11 is 1.40. The van der Waals surface area contributed by atoms with Gasteiger partial charge in [0, 0.05) is 6.54 Å². The second-order valence-electron chi connectivity index (χ2n) is 5.94. The predicted molar refractivity (Wildman–Crippen MR) is 92.3 cm³/mol. The zero-order valence-corrected chi connectivity index (χ0v) is 14.9. The van der Waals surface area contributed by atoms with Crippen LogP contribution in [0.3, 0.4) is 0 Å². The number of anilines is 1. The van der Waals surface area contributed by atoms with Gasteiger partial charge in [-0.3, -0.25) is 4.79 Å². The fraction of sp³-hybridized carbons (Fsp3) is 0.467. The zero-order chi connectivity index (χ0) is 16.8. The number of aromatic nitrogens is 1. The number of thiazole rings is 1. The maximum absolute atomic E-state index is 12.4. The van der Waals surface area contributed by atoms with E-state index in [2.05, 4.69) is 16.4 Å². The van der Waals surface area contributed by atoms with Crippen LogP contribution in [0.2, 0.25) is 0 Å². The Labute approximate surface area is 139 Å². The SMILES string of the molecule is Cc1cc2nc(NC(=O)C3CCCN3S(C)(=O)=O)sc2cc1C. The van der Waals surface area contributed by atoms with Gasteiger partial charge in [-0.15, -0.1) is 0 Å². The van der Waals surface area contributed by atoms with Crippen molar-refractivity contribution in [1.29, 1.82) is 0 Å². The number of nitrogens with one attached hydrogen (secondary N) is 1. The minimum Gasteiger partial charge on any atom is -0.301 e. The first-order valence-corrected chi connectivity index (χ1v) is 10.1. The van der Waals surface area contributed by atoms with Crippen molar-refractivity contribution in [1.82, 2.24) is 9.29 Å². The molecule has 1 unspecified atom stereocenters. The van der Waals surface area contributed by atoms with Crippen LogP contribution < -0.4 is 5.32 Å². The molecular formula is C15H19N3O3S2. The molecule has 1 aromatic heterocycles. The first kappa shape index (κ1) is 16.4. The molecular weight excluding hydrogens is 334 g/mol. The number of amides is 1. The quantitative estimate of drug-likeness (QED) is 0.918. The van der Waals surface area contributed by atoms with Gasteiger partial charge in [0.05, 0.1) is 16.5 Å². The number of rotatable bonds is 3. The molecule has 1 saturated heterocycles. The molecule has 1 fully saturated rings. The van der Waals surface area contributed by atoms with Crippen LogP contribution in [0.5, 0.6) is 0 Å². The molecule has 0 saturated carbocycles. The average molecular weight is 353 g/mol. The standard InChI is InChI=1S/C15H19N3O3S2/c1-9-7-11-13(8-10(9)2)22-15(16-11)17-14(19)12-5-4-6-18(12)23(3,20)21/h7-8,12H,4-6H2,1-3H3,(H,16,17,19). The topological polar surface area (TPSA) is 79.4 Å². The molecule has 1 aromatic carbocycles. The second kappa shape index (κ2) is 5.85. The van der Waals surface area contributed by atoms with Gasteiger partial charge in [-0.1, -0.05) is 11.3 Å². The van der Waals surface area contributed by atoms with E-state index in [1.165, 1.54) is 21.2 Å². The molecule has 1 aliphatic rings. The van der Waals surface area contributed by atoms with Crippen LogP contribution in [-0.2, 0) is 14.8 Å². The van der Waals surface area contributed by atoms with Crippen LogP contribution in [0.15, 0.2) is 12.1 Å². The summed E-state index contributed by atoms with van der Waals surface area (Å²) in [7, 11) is -3.37. The van der Waals surface area contributed by atoms with Crippen LogP contribution in [0.1, 0.15) is 24.0 Å². The number of aryl methyl sites for hydroxylation is 2. The lowest BCUT2D eigenvalue weighted by molar-refractivity contribution is -0.119. The van der Waals surface area contributed by atoms with Crippen LogP contribution in [-0.4, -0.2) is 42.5 Å². The summed E-state index contributed by atoms with van der Waals surface area (Å²) in [6, 6.07) is 3.41. The molecule has 8 heteroatoms. The van der Waals surface area contributed by atoms with E-state index in [1.54, 1.807) is 0 Å². The Morgan fingerprint density at radius 2 is 2.04 bits per heavy atom. The molecule has 124 valence electrons. The van der Waals surface area contributed by atoms with Crippen molar-refractivity contribution in [3.8, 4) is 0 Å². The highest BCUT2D eigenvalue weighted by atomic mass is 32.2. The van der Waals surface area contributed by atoms with Crippen molar-refractivity contribution in [2.24, 2.45) is 0 Å². The largest absolute Gasteiger partial charge is 0.301 e. The van der Waals surface area contributed by atoms with E-state index in [4.69, 9.17) is 0 Å². The summed E-state index contributed by atoms with van der Waals surface area (Å²) in [5.41, 5.74) is 3.18. The lowest BCUT2D eigenvalue weighted by Gasteiger charge is -2.20. The van der Waals surface area contributed by atoms with Gasteiger partial charge in [-0.2, -0.15) is 4.31 Å². The number of carbonyl (C=O) groups excluding carboxylic acids is 1. The third kappa shape index (κ3) is 3.24. The number of benzene rings is 1. The molecule has 1 N–H and O–H groups in total. The van der Waals surface area contributed by atoms with Crippen molar-refractivity contribution in [2.75, 3.05) is 18.1 Å². The van der Waals surface area contributed by atoms with Crippen molar-refractivity contribution in [3.05, 3.63) is 23.3 Å². The van der Waals surface area contributed by atoms with Gasteiger partial charge < -0.3 is 5.32 Å². The molecule has 0 radical (unpaired) electrons. The normalized spacial score (nSPS) is 19.3. The second-order valence-corrected chi connectivity index (χ2v) is 8.91. The molecule has 1 atom stereocenters. The Hall–Kier alpha value is -1.51. The molecule has 1 amide bonds. The summed E-state index contributed by atoms with van der Waals surface area (Å²) in [5.74, 6) is -0.305. The Morgan fingerprint density at radius 1 is 1.35 bits per heavy atom. The number of fused-ring (bicyclic) bond motifs is 1. The summed E-state index contributed by atoms with van der Waals surface area (Å²) in [5, 5.41) is 3.29. The highest BCUT2D eigenvalue weighted by Crippen LogP contribution is 2.29. The lowest BCUT2D eigenvalue weighted by atomic mass is 10.1. The number of sulfonamides is 1. The highest BCUT2D eigenvalue weighted by molar-refractivity contribution is 7.88. The highest BCUT2D eigenvalue weighted by Gasteiger charge is 2.36. The summed E-state index contributed by atoms with van der Waals surface area (Å²) in [6.45, 7) is 4.46. The maximum atomic E-state index is 12.4. The van der Waals surface area contributed by atoms with Crippen LogP contribution in [0, 0.1) is 13.8 Å². The summed E-state index contributed by atoms with van der Waals surface area (Å²) < 4.78 is 25.8. The molecule has 2 heterocycles. The van der Waals surface area contributed by atoms with Gasteiger partial charge in [0.2, 0.25) is 15.9 Å². The lowest BCUT2D eigenvalue weighted by Crippen LogP contribution is -2.42. The third-order valence-corrected chi connectivity index (χ3v) is 6.39. The minimum absolute atomic E-state index is 0.305. The van der Waals surface area contributed by atoms with E-state index < -0.39 is 16.1 Å². The van der Waals surface area contributed by atoms with Crippen molar-refractivity contribution in [2.45, 2.75) is 32.7 Å². The fourth-order valence-electron chi connectivity index (χ4n) is 2.82. The molecule has 23 heavy (non-hydrogen) atoms. The van der Waals surface area contributed by atoms with Crippen molar-refractivity contribution in [3.63, 3.8) is 0 Å². The Bertz CT molecular complexity index is 834. The molecule has 0 bridgehead atoms. The van der Waals surface area contributed by atoms with Crippen LogP contribution in [0.25, 0.3) is 10.2 Å². The Balaban J connectivity index is 1.83. The summed E-state index contributed by atoms with van der Waals surface area (Å²) in [6.07, 6.45) is 2.38. The van der Waals surface area contributed by atoms with E-state index in [-0.39, 0.29) is 5.91 Å². The molecule has 2 aromatic rings. The summed E-state index contributed by atoms with van der Waals surface area (Å²) in [4.78, 5) is 16.9. The smallest absolute Gasteiger partial charge is 0.244 e. The third-order valence-electron chi connectivity index (χ3n) is 4.17. The van der Waals surface area contributed by atoms with Gasteiger partial charge in [0.25, 0.3) is 0 Å². The number of nitrogens with zero attached hydrogens (tertiary/aromatic N) is 2. The predicted octanol–water partition coefficient (Wildman–Crippen LogP) is 2.28. The molecule has 6 nitrogen and oxygen atoms in total. The number of hydrogen-bond acceptors (Lipinski definition) is 5. The fourth-order valence-corrected chi connectivity index (χ4v) is 4.89. The monoisotopic (exact) mass is 353 g/mol. The maximum Gasteiger partial charge on any atom is 0.244 e. The average Bonchev–Trinajstić information content (AvgIpc) is 3.05. The first-order chi connectivity index (χ1) is 10.8. The van der Waals surface area contributed by atoms with E-state index in [1.807, 2.05) is 19.9 Å². The van der Waals surface area contributed by atoms with Gasteiger partial charge >= 0.3 is 0 Å². The minimum atomic E-state index is -3.37. The van der Waals surface area contributed by atoms with Gasteiger partial charge in [0.15, 0.2) is 5.13 Å². The van der Waals surface area contributed by atoms with Gasteiger partial charge in [-0.25, -0.2) is 13.4 Å². The zero-order valence-electron chi connectivity index (χ0n) is 13.3. The van der Waals surface area contributed by atoms with Crippen molar-refractivity contribution < 1.29 is 13.2 Å². The van der Waals surface area contributed by atoms with Crippen LogP contribution >= 0.6 is 11.3 Å². The van der Waals surface area contributed by atoms with E-state index >= 15 is 0 Å². The number of carbonyl (C=O) groups is 1. The molecule has 3 rings (SSSR count). The Kier molecular flexibility index (Phi) is 4.16.